The summed E-state index contributed by atoms with van der Waals surface area (Å²) in [6, 6.07) is 0. The Kier molecular flexibility index (Phi) is 38.9. The summed E-state index contributed by atoms with van der Waals surface area (Å²) in [4.78, 5) is 22.6. The number of ether oxygens (including phenoxy) is 2. The molecule has 3 unspecified atom stereocenters. The fraction of sp³-hybridized carbons (Fsp3) is 0.791. The van der Waals surface area contributed by atoms with E-state index < -0.39 is 39.2 Å². The van der Waals surface area contributed by atoms with Crippen LogP contribution in [0.3, 0.4) is 0 Å². The number of hydrogen-bond donors (Lipinski definition) is 3. The smallest absolute Gasteiger partial charge is 0.457 e. The van der Waals surface area contributed by atoms with Crippen LogP contribution in [0.25, 0.3) is 0 Å². The Morgan fingerprint density at radius 3 is 1.64 bits per heavy atom. The van der Waals surface area contributed by atoms with Gasteiger partial charge in [0.2, 0.25) is 0 Å². The second kappa shape index (κ2) is 40.1. The molecule has 0 heterocycles. The highest BCUT2D eigenvalue weighted by atomic mass is 31.2. The molecule has 0 fully saturated rings. The van der Waals surface area contributed by atoms with E-state index in [1.807, 2.05) is 0 Å². The van der Waals surface area contributed by atoms with Gasteiger partial charge in [-0.3, -0.25) is 13.8 Å². The first-order chi connectivity index (χ1) is 25.8. The van der Waals surface area contributed by atoms with E-state index in [0.29, 0.717) is 6.61 Å². The first-order valence-electron chi connectivity index (χ1n) is 21.1. The van der Waals surface area contributed by atoms with Gasteiger partial charge in [0.1, 0.15) is 12.2 Å². The van der Waals surface area contributed by atoms with Crippen molar-refractivity contribution in [3.63, 3.8) is 0 Å². The van der Waals surface area contributed by atoms with Crippen LogP contribution in [0.2, 0.25) is 0 Å². The number of phosphoric acid groups is 1. The normalized spacial score (nSPS) is 14.6. The van der Waals surface area contributed by atoms with Gasteiger partial charge >= 0.3 is 13.8 Å². The van der Waals surface area contributed by atoms with Crippen molar-refractivity contribution < 1.29 is 43.0 Å². The quantitative estimate of drug-likeness (QED) is 0.0241. The number of allylic oxidation sites excluding steroid dienone is 8. The Hall–Kier alpha value is -1.58. The lowest BCUT2D eigenvalue weighted by Crippen LogP contribution is -2.29. The van der Waals surface area contributed by atoms with Gasteiger partial charge in [0.05, 0.1) is 26.4 Å². The van der Waals surface area contributed by atoms with Crippen molar-refractivity contribution in [1.82, 2.24) is 0 Å². The Morgan fingerprint density at radius 2 is 1.08 bits per heavy atom. The molecule has 310 valence electrons. The van der Waals surface area contributed by atoms with Gasteiger partial charge in [0, 0.05) is 13.0 Å². The number of phosphoric ester groups is 1. The number of unbranched alkanes of at least 4 members (excludes halogenated alkanes) is 18. The molecule has 0 spiro atoms. The highest BCUT2D eigenvalue weighted by Crippen LogP contribution is 2.43. The maximum absolute atomic E-state index is 12.6. The molecule has 0 aromatic heterocycles. The Bertz CT molecular complexity index is 965. The number of aliphatic hydroxyl groups excluding tert-OH is 2. The molecule has 0 aliphatic rings. The molecule has 10 heteroatoms. The molecule has 0 aromatic carbocycles. The summed E-state index contributed by atoms with van der Waals surface area (Å²) < 4.78 is 33.3. The second-order valence-corrected chi connectivity index (χ2v) is 15.4. The number of esters is 1. The third-order valence-corrected chi connectivity index (χ3v) is 9.70. The molecule has 0 aliphatic carbocycles. The van der Waals surface area contributed by atoms with Crippen molar-refractivity contribution in [1.29, 1.82) is 0 Å². The van der Waals surface area contributed by atoms with Crippen LogP contribution in [-0.4, -0.2) is 66.3 Å². The van der Waals surface area contributed by atoms with E-state index in [2.05, 4.69) is 62.5 Å². The molecule has 3 N–H and O–H groups in total. The Morgan fingerprint density at radius 1 is 0.604 bits per heavy atom. The zero-order chi connectivity index (χ0) is 38.9. The number of carbonyl (C=O) groups excluding carboxylic acids is 1. The number of rotatable bonds is 40. The molecule has 0 radical (unpaired) electrons. The Labute approximate surface area is 324 Å². The van der Waals surface area contributed by atoms with Crippen molar-refractivity contribution in [2.24, 2.45) is 0 Å². The monoisotopic (exact) mass is 771 g/mol. The van der Waals surface area contributed by atoms with Crippen molar-refractivity contribution in [2.45, 2.75) is 187 Å². The van der Waals surface area contributed by atoms with Crippen LogP contribution < -0.4 is 0 Å². The van der Waals surface area contributed by atoms with Crippen LogP contribution >= 0.6 is 7.82 Å². The third-order valence-electron chi connectivity index (χ3n) is 8.75. The Balaban J connectivity index is 4.21. The lowest BCUT2D eigenvalue weighted by Gasteiger charge is -2.20. The van der Waals surface area contributed by atoms with Gasteiger partial charge in [-0.2, -0.15) is 0 Å². The summed E-state index contributed by atoms with van der Waals surface area (Å²) in [7, 11) is -4.52. The van der Waals surface area contributed by atoms with E-state index in [1.54, 1.807) is 0 Å². The van der Waals surface area contributed by atoms with Crippen LogP contribution in [0.4, 0.5) is 0 Å². The van der Waals surface area contributed by atoms with Crippen molar-refractivity contribution in [3.05, 3.63) is 48.6 Å². The van der Waals surface area contributed by atoms with Gasteiger partial charge in [-0.15, -0.1) is 0 Å². The molecular weight excluding hydrogens is 691 g/mol. The van der Waals surface area contributed by atoms with E-state index in [0.717, 1.165) is 83.5 Å². The highest BCUT2D eigenvalue weighted by molar-refractivity contribution is 7.47. The predicted octanol–water partition coefficient (Wildman–Crippen LogP) is 11.4. The van der Waals surface area contributed by atoms with Crippen LogP contribution in [0.15, 0.2) is 48.6 Å². The molecule has 3 atom stereocenters. The number of hydrogen-bond acceptors (Lipinski definition) is 8. The largest absolute Gasteiger partial charge is 0.472 e. The van der Waals surface area contributed by atoms with Gasteiger partial charge in [0.25, 0.3) is 0 Å². The molecule has 0 saturated carbocycles. The number of aliphatic hydroxyl groups is 2. The maximum Gasteiger partial charge on any atom is 0.472 e. The predicted molar refractivity (Wildman–Crippen MR) is 219 cm³/mol. The van der Waals surface area contributed by atoms with E-state index in [1.165, 1.54) is 70.6 Å². The molecule has 9 nitrogen and oxygen atoms in total. The first-order valence-corrected chi connectivity index (χ1v) is 22.6. The minimum Gasteiger partial charge on any atom is -0.457 e. The molecule has 0 aliphatic heterocycles. The minimum atomic E-state index is -4.52. The molecular formula is C43H79O9P. The van der Waals surface area contributed by atoms with E-state index >= 15 is 0 Å². The molecule has 0 amide bonds. The summed E-state index contributed by atoms with van der Waals surface area (Å²) in [5.74, 6) is -0.397. The van der Waals surface area contributed by atoms with Gasteiger partial charge in [0.15, 0.2) is 0 Å². The summed E-state index contributed by atoms with van der Waals surface area (Å²) in [5, 5.41) is 18.3. The fourth-order valence-corrected chi connectivity index (χ4v) is 6.33. The molecule has 0 bridgehead atoms. The molecule has 0 aromatic rings. The van der Waals surface area contributed by atoms with E-state index in [9.17, 15) is 19.4 Å². The third kappa shape index (κ3) is 39.9. The van der Waals surface area contributed by atoms with Crippen LogP contribution in [0, 0.1) is 0 Å². The topological polar surface area (TPSA) is 132 Å². The first kappa shape index (κ1) is 51.4. The van der Waals surface area contributed by atoms with Crippen LogP contribution in [0.1, 0.15) is 174 Å². The average molecular weight is 771 g/mol. The van der Waals surface area contributed by atoms with E-state index in [-0.39, 0.29) is 19.6 Å². The molecule has 0 saturated heterocycles. The zero-order valence-corrected chi connectivity index (χ0v) is 34.6. The van der Waals surface area contributed by atoms with Crippen molar-refractivity contribution in [3.8, 4) is 0 Å². The van der Waals surface area contributed by atoms with E-state index in [4.69, 9.17) is 23.6 Å². The standard InChI is InChI=1S/C43H79O9P/c1-3-5-7-9-11-13-15-17-19-20-21-22-23-25-27-29-31-33-35-43(46)52-42(40-51-53(47,48)50-38-41(45)37-44)39-49-36-34-32-30-28-26-24-18-16-14-12-10-8-6-4-2/h6,8,12,14,18-20,24,41-42,44-45H,3-5,7,9-11,13,15-17,21-23,25-40H2,1-2H3,(H,47,48)/b8-6-,14-12-,20-19-,24-18-. The van der Waals surface area contributed by atoms with Crippen molar-refractivity contribution in [2.75, 3.05) is 33.0 Å². The number of carbonyl (C=O) groups is 1. The second-order valence-electron chi connectivity index (χ2n) is 14.0. The summed E-state index contributed by atoms with van der Waals surface area (Å²) in [6.45, 7) is 3.34. The summed E-state index contributed by atoms with van der Waals surface area (Å²) in [6.07, 6.45) is 43.5. The van der Waals surface area contributed by atoms with Crippen molar-refractivity contribution >= 4 is 13.8 Å². The molecule has 53 heavy (non-hydrogen) atoms. The lowest BCUT2D eigenvalue weighted by atomic mass is 10.1. The van der Waals surface area contributed by atoms with Crippen LogP contribution in [-0.2, 0) is 27.9 Å². The van der Waals surface area contributed by atoms with Crippen LogP contribution in [0.5, 0.6) is 0 Å². The zero-order valence-electron chi connectivity index (χ0n) is 33.7. The fourth-order valence-electron chi connectivity index (χ4n) is 5.54. The maximum atomic E-state index is 12.6. The van der Waals surface area contributed by atoms with Gasteiger partial charge in [-0.1, -0.05) is 146 Å². The summed E-state index contributed by atoms with van der Waals surface area (Å²) >= 11 is 0. The molecule has 0 rings (SSSR count). The van der Waals surface area contributed by atoms with Gasteiger partial charge < -0.3 is 24.6 Å². The SMILES string of the molecule is CC/C=C\C/C=C\C/C=C\CCCCCCOCC(COP(=O)(O)OCC(O)CO)OC(=O)CCCCCCCCC/C=C\CCCCCCCCC. The van der Waals surface area contributed by atoms with Gasteiger partial charge in [-0.25, -0.2) is 4.57 Å². The average Bonchev–Trinajstić information content (AvgIpc) is 3.15. The highest BCUT2D eigenvalue weighted by Gasteiger charge is 2.26. The lowest BCUT2D eigenvalue weighted by molar-refractivity contribution is -0.154. The summed E-state index contributed by atoms with van der Waals surface area (Å²) in [5.41, 5.74) is 0. The van der Waals surface area contributed by atoms with Gasteiger partial charge in [-0.05, 0) is 70.6 Å². The minimum absolute atomic E-state index is 0.0316.